The molecule has 114 valence electrons. The minimum atomic E-state index is -3.49. The highest BCUT2D eigenvalue weighted by Gasteiger charge is 2.23. The fraction of sp³-hybridized carbons (Fsp3) is 0.600. The van der Waals surface area contributed by atoms with E-state index in [9.17, 15) is 8.42 Å². The molecule has 0 spiro atoms. The van der Waals surface area contributed by atoms with Crippen molar-refractivity contribution in [3.63, 3.8) is 0 Å². The second-order valence-electron chi connectivity index (χ2n) is 5.62. The van der Waals surface area contributed by atoms with Crippen LogP contribution in [0.2, 0.25) is 0 Å². The van der Waals surface area contributed by atoms with Crippen LogP contribution in [0.25, 0.3) is 0 Å². The molecule has 5 heteroatoms. The van der Waals surface area contributed by atoms with Gasteiger partial charge in [-0.2, -0.15) is 0 Å². The third kappa shape index (κ3) is 4.30. The van der Waals surface area contributed by atoms with Crippen molar-refractivity contribution < 1.29 is 8.42 Å². The molecule has 0 amide bonds. The monoisotopic (exact) mass is 298 g/mol. The van der Waals surface area contributed by atoms with E-state index < -0.39 is 15.6 Å². The molecule has 0 aliphatic heterocycles. The van der Waals surface area contributed by atoms with E-state index in [-0.39, 0.29) is 11.4 Å². The highest BCUT2D eigenvalue weighted by atomic mass is 32.2. The highest BCUT2D eigenvalue weighted by Crippen LogP contribution is 2.18. The molecule has 3 N–H and O–H groups in total. The largest absolute Gasteiger partial charge is 0.324 e. The molecule has 0 saturated heterocycles. The quantitative estimate of drug-likeness (QED) is 0.812. The average Bonchev–Trinajstić information content (AvgIpc) is 2.45. The lowest BCUT2D eigenvalue weighted by molar-refractivity contribution is 0.392. The summed E-state index contributed by atoms with van der Waals surface area (Å²) in [5.41, 5.74) is 6.76. The smallest absolute Gasteiger partial charge is 0.240 e. The van der Waals surface area contributed by atoms with Gasteiger partial charge in [0, 0.05) is 12.1 Å². The molecule has 0 fully saturated rings. The lowest BCUT2D eigenvalue weighted by atomic mass is 9.95. The number of nitrogens with one attached hydrogen (secondary N) is 1. The second kappa shape index (κ2) is 6.70. The third-order valence-corrected chi connectivity index (χ3v) is 5.30. The summed E-state index contributed by atoms with van der Waals surface area (Å²) in [6.07, 6.45) is 1.47. The van der Waals surface area contributed by atoms with Gasteiger partial charge in [0.25, 0.3) is 0 Å². The van der Waals surface area contributed by atoms with Gasteiger partial charge in [-0.1, -0.05) is 39.8 Å². The SMILES string of the molecule is CCC(N)(CC)CNS(=O)(=O)c1ccc(C(C)C)cc1. The first kappa shape index (κ1) is 17.1. The number of nitrogens with two attached hydrogens (primary N) is 1. The Balaban J connectivity index is 2.84. The van der Waals surface area contributed by atoms with Crippen molar-refractivity contribution in [2.75, 3.05) is 6.54 Å². The molecule has 0 radical (unpaired) electrons. The number of benzene rings is 1. The maximum Gasteiger partial charge on any atom is 0.240 e. The van der Waals surface area contributed by atoms with Gasteiger partial charge in [0.2, 0.25) is 10.0 Å². The van der Waals surface area contributed by atoms with E-state index in [1.807, 2.05) is 26.0 Å². The first-order valence-electron chi connectivity index (χ1n) is 7.12. The van der Waals surface area contributed by atoms with Gasteiger partial charge in [-0.3, -0.25) is 0 Å². The first-order valence-corrected chi connectivity index (χ1v) is 8.61. The molecule has 1 aromatic rings. The van der Waals surface area contributed by atoms with E-state index in [1.54, 1.807) is 12.1 Å². The van der Waals surface area contributed by atoms with Crippen molar-refractivity contribution >= 4 is 10.0 Å². The summed E-state index contributed by atoms with van der Waals surface area (Å²) in [5, 5.41) is 0. The standard InChI is InChI=1S/C15H26N2O2S/c1-5-15(16,6-2)11-17-20(18,19)14-9-7-13(8-10-14)12(3)4/h7-10,12,17H,5-6,11,16H2,1-4H3. The van der Waals surface area contributed by atoms with Crippen molar-refractivity contribution in [2.24, 2.45) is 5.73 Å². The van der Waals surface area contributed by atoms with Crippen LogP contribution in [-0.2, 0) is 10.0 Å². The van der Waals surface area contributed by atoms with E-state index in [1.165, 1.54) is 0 Å². The van der Waals surface area contributed by atoms with Crippen molar-refractivity contribution in [3.05, 3.63) is 29.8 Å². The average molecular weight is 298 g/mol. The molecule has 4 nitrogen and oxygen atoms in total. The van der Waals surface area contributed by atoms with Crippen LogP contribution in [0.3, 0.4) is 0 Å². The zero-order valence-electron chi connectivity index (χ0n) is 12.8. The Morgan fingerprint density at radius 3 is 2.05 bits per heavy atom. The predicted molar refractivity (Wildman–Crippen MR) is 83.2 cm³/mol. The van der Waals surface area contributed by atoms with E-state index in [0.717, 1.165) is 18.4 Å². The summed E-state index contributed by atoms with van der Waals surface area (Å²) in [5.74, 6) is 0.386. The lowest BCUT2D eigenvalue weighted by Gasteiger charge is -2.26. The van der Waals surface area contributed by atoms with E-state index in [2.05, 4.69) is 18.6 Å². The lowest BCUT2D eigenvalue weighted by Crippen LogP contribution is -2.49. The molecule has 1 aromatic carbocycles. The predicted octanol–water partition coefficient (Wildman–Crippen LogP) is 2.61. The molecule has 0 bridgehead atoms. The fourth-order valence-corrected chi connectivity index (χ4v) is 2.99. The van der Waals surface area contributed by atoms with Crippen LogP contribution in [-0.4, -0.2) is 20.5 Å². The molecular weight excluding hydrogens is 272 g/mol. The maximum atomic E-state index is 12.2. The van der Waals surface area contributed by atoms with Crippen LogP contribution < -0.4 is 10.5 Å². The Bertz CT molecular complexity index is 517. The molecule has 0 aliphatic carbocycles. The zero-order chi connectivity index (χ0) is 15.4. The minimum Gasteiger partial charge on any atom is -0.324 e. The number of hydrogen-bond donors (Lipinski definition) is 2. The Hall–Kier alpha value is -0.910. The van der Waals surface area contributed by atoms with Gasteiger partial charge in [-0.15, -0.1) is 0 Å². The summed E-state index contributed by atoms with van der Waals surface area (Å²) in [6.45, 7) is 8.35. The molecule has 0 saturated carbocycles. The second-order valence-corrected chi connectivity index (χ2v) is 7.38. The fourth-order valence-electron chi connectivity index (χ4n) is 1.85. The van der Waals surface area contributed by atoms with Gasteiger partial charge in [0.05, 0.1) is 4.90 Å². The van der Waals surface area contributed by atoms with Crippen LogP contribution in [0.15, 0.2) is 29.2 Å². The molecular formula is C15H26N2O2S. The number of sulfonamides is 1. The van der Waals surface area contributed by atoms with Crippen molar-refractivity contribution in [2.45, 2.75) is 56.9 Å². The molecule has 0 unspecified atom stereocenters. The van der Waals surface area contributed by atoms with Crippen molar-refractivity contribution in [3.8, 4) is 0 Å². The van der Waals surface area contributed by atoms with Crippen LogP contribution in [0.1, 0.15) is 52.0 Å². The molecule has 0 aromatic heterocycles. The van der Waals surface area contributed by atoms with Gasteiger partial charge >= 0.3 is 0 Å². The van der Waals surface area contributed by atoms with Crippen LogP contribution >= 0.6 is 0 Å². The Labute approximate surface area is 122 Å². The highest BCUT2D eigenvalue weighted by molar-refractivity contribution is 7.89. The minimum absolute atomic E-state index is 0.258. The van der Waals surface area contributed by atoms with Gasteiger partial charge in [-0.25, -0.2) is 13.1 Å². The van der Waals surface area contributed by atoms with Crippen LogP contribution in [0.5, 0.6) is 0 Å². The normalized spacial score (nSPS) is 12.9. The van der Waals surface area contributed by atoms with Gasteiger partial charge in [0.15, 0.2) is 0 Å². The van der Waals surface area contributed by atoms with Gasteiger partial charge < -0.3 is 5.73 Å². The summed E-state index contributed by atoms with van der Waals surface area (Å²) < 4.78 is 27.1. The summed E-state index contributed by atoms with van der Waals surface area (Å²) in [6, 6.07) is 7.00. The van der Waals surface area contributed by atoms with Crippen LogP contribution in [0, 0.1) is 0 Å². The molecule has 20 heavy (non-hydrogen) atoms. The molecule has 0 atom stereocenters. The van der Waals surface area contributed by atoms with Gasteiger partial charge in [0.1, 0.15) is 0 Å². The van der Waals surface area contributed by atoms with Crippen LogP contribution in [0.4, 0.5) is 0 Å². The molecule has 1 rings (SSSR count). The van der Waals surface area contributed by atoms with E-state index >= 15 is 0 Å². The van der Waals surface area contributed by atoms with Crippen molar-refractivity contribution in [1.29, 1.82) is 0 Å². The zero-order valence-corrected chi connectivity index (χ0v) is 13.6. The maximum absolute atomic E-state index is 12.2. The Morgan fingerprint density at radius 1 is 1.15 bits per heavy atom. The summed E-state index contributed by atoms with van der Waals surface area (Å²) >= 11 is 0. The summed E-state index contributed by atoms with van der Waals surface area (Å²) in [7, 11) is -3.49. The molecule has 0 aliphatic rings. The topological polar surface area (TPSA) is 72.2 Å². The number of hydrogen-bond acceptors (Lipinski definition) is 3. The van der Waals surface area contributed by atoms with E-state index in [0.29, 0.717) is 5.92 Å². The third-order valence-electron chi connectivity index (χ3n) is 3.88. The van der Waals surface area contributed by atoms with Gasteiger partial charge in [-0.05, 0) is 36.5 Å². The molecule has 0 heterocycles. The Kier molecular flexibility index (Phi) is 5.74. The summed E-state index contributed by atoms with van der Waals surface area (Å²) in [4.78, 5) is 0.288. The van der Waals surface area contributed by atoms with E-state index in [4.69, 9.17) is 5.73 Å². The number of rotatable bonds is 7. The first-order chi connectivity index (χ1) is 9.24. The Morgan fingerprint density at radius 2 is 1.65 bits per heavy atom. The van der Waals surface area contributed by atoms with Crippen molar-refractivity contribution in [1.82, 2.24) is 4.72 Å².